The molecule has 1 aliphatic rings. The molecule has 154 valence electrons. The van der Waals surface area contributed by atoms with Crippen molar-refractivity contribution in [2.45, 2.75) is 59.2 Å². The van der Waals surface area contributed by atoms with Crippen LogP contribution in [0.4, 0.5) is 4.79 Å². The maximum absolute atomic E-state index is 12.5. The average Bonchev–Trinajstić information content (AvgIpc) is 2.66. The summed E-state index contributed by atoms with van der Waals surface area (Å²) in [6.45, 7) is 9.36. The van der Waals surface area contributed by atoms with Crippen LogP contribution in [-0.2, 0) is 16.1 Å². The number of rotatable bonds is 6. The number of amides is 3. The molecule has 1 atom stereocenters. The second kappa shape index (κ2) is 10.1. The predicted molar refractivity (Wildman–Crippen MR) is 107 cm³/mol. The molecule has 1 saturated heterocycles. The summed E-state index contributed by atoms with van der Waals surface area (Å²) in [5.41, 5.74) is 1.24. The number of piperidine rings is 1. The lowest BCUT2D eigenvalue weighted by Gasteiger charge is -2.31. The van der Waals surface area contributed by atoms with Crippen LogP contribution in [-0.4, -0.2) is 48.0 Å². The van der Waals surface area contributed by atoms with E-state index in [1.165, 1.54) is 0 Å². The molecule has 1 aromatic carbocycles. The molecule has 1 aromatic rings. The van der Waals surface area contributed by atoms with Gasteiger partial charge in [-0.3, -0.25) is 4.79 Å². The lowest BCUT2D eigenvalue weighted by Crippen LogP contribution is -2.44. The molecule has 7 nitrogen and oxygen atoms in total. The van der Waals surface area contributed by atoms with Gasteiger partial charge in [0.15, 0.2) is 6.10 Å². The minimum atomic E-state index is -0.804. The van der Waals surface area contributed by atoms with Gasteiger partial charge in [0.25, 0.3) is 5.91 Å². The number of carbonyl (C=O) groups excluding carboxylic acids is 3. The zero-order valence-corrected chi connectivity index (χ0v) is 17.2. The minimum Gasteiger partial charge on any atom is -0.449 e. The quantitative estimate of drug-likeness (QED) is 0.732. The van der Waals surface area contributed by atoms with Crippen molar-refractivity contribution in [2.75, 3.05) is 13.1 Å². The van der Waals surface area contributed by atoms with E-state index in [0.29, 0.717) is 31.1 Å². The third-order valence-corrected chi connectivity index (χ3v) is 4.79. The predicted octanol–water partition coefficient (Wildman–Crippen LogP) is 2.70. The molecule has 0 unspecified atom stereocenters. The van der Waals surface area contributed by atoms with Gasteiger partial charge in [0.1, 0.15) is 0 Å². The van der Waals surface area contributed by atoms with Crippen LogP contribution in [0.1, 0.15) is 56.5 Å². The third kappa shape index (κ3) is 6.55. The highest BCUT2D eigenvalue weighted by molar-refractivity contribution is 5.92. The highest BCUT2D eigenvalue weighted by atomic mass is 16.5. The second-order valence-corrected chi connectivity index (χ2v) is 7.73. The van der Waals surface area contributed by atoms with Crippen LogP contribution in [0, 0.1) is 5.92 Å². The molecule has 0 spiro atoms. The molecule has 7 heteroatoms. The lowest BCUT2D eigenvalue weighted by molar-refractivity contribution is -0.141. The molecule has 0 saturated carbocycles. The summed E-state index contributed by atoms with van der Waals surface area (Å²) in [6, 6.07) is 6.61. The summed E-state index contributed by atoms with van der Waals surface area (Å²) in [4.78, 5) is 38.1. The van der Waals surface area contributed by atoms with Gasteiger partial charge in [-0.05, 0) is 57.2 Å². The van der Waals surface area contributed by atoms with E-state index < -0.39 is 12.1 Å². The molecule has 2 N–H and O–H groups in total. The Labute approximate surface area is 166 Å². The van der Waals surface area contributed by atoms with E-state index in [9.17, 15) is 14.4 Å². The molecule has 0 radical (unpaired) electrons. The zero-order valence-electron chi connectivity index (χ0n) is 17.2. The minimum absolute atomic E-state index is 0.0650. The average molecular weight is 389 g/mol. The number of nitrogens with zero attached hydrogens (tertiary/aromatic N) is 1. The van der Waals surface area contributed by atoms with E-state index >= 15 is 0 Å². The second-order valence-electron chi connectivity index (χ2n) is 7.73. The summed E-state index contributed by atoms with van der Waals surface area (Å²) < 4.78 is 5.35. The molecule has 2 rings (SSSR count). The summed E-state index contributed by atoms with van der Waals surface area (Å²) in [5.74, 6) is -0.0353. The van der Waals surface area contributed by atoms with Gasteiger partial charge in [0.05, 0.1) is 5.56 Å². The Morgan fingerprint density at radius 1 is 1.11 bits per heavy atom. The molecule has 0 aliphatic carbocycles. The number of nitrogens with one attached hydrogen (secondary N) is 2. The Balaban J connectivity index is 1.83. The topological polar surface area (TPSA) is 87.7 Å². The first-order chi connectivity index (χ1) is 13.3. The largest absolute Gasteiger partial charge is 0.449 e. The smallest absolute Gasteiger partial charge is 0.338 e. The van der Waals surface area contributed by atoms with E-state index in [1.54, 1.807) is 36.1 Å². The van der Waals surface area contributed by atoms with Crippen LogP contribution in [0.5, 0.6) is 0 Å². The van der Waals surface area contributed by atoms with Crippen molar-refractivity contribution < 1.29 is 19.1 Å². The van der Waals surface area contributed by atoms with Crippen molar-refractivity contribution in [2.24, 2.45) is 5.92 Å². The van der Waals surface area contributed by atoms with E-state index in [1.807, 2.05) is 13.8 Å². The van der Waals surface area contributed by atoms with Crippen molar-refractivity contribution in [1.29, 1.82) is 0 Å². The number of benzene rings is 1. The fraction of sp³-hybridized carbons (Fsp3) is 0.571. The molecule has 3 amide bonds. The maximum atomic E-state index is 12.5. The number of ether oxygens (including phenoxy) is 1. The van der Waals surface area contributed by atoms with Crippen LogP contribution >= 0.6 is 0 Å². The van der Waals surface area contributed by atoms with E-state index in [2.05, 4.69) is 17.6 Å². The molecule has 0 aromatic heterocycles. The van der Waals surface area contributed by atoms with Crippen molar-refractivity contribution in [3.8, 4) is 0 Å². The van der Waals surface area contributed by atoms with Crippen molar-refractivity contribution in [1.82, 2.24) is 15.5 Å². The van der Waals surface area contributed by atoms with Crippen LogP contribution in [0.3, 0.4) is 0 Å². The molecule has 1 heterocycles. The Morgan fingerprint density at radius 3 is 2.29 bits per heavy atom. The fourth-order valence-electron chi connectivity index (χ4n) is 3.02. The highest BCUT2D eigenvalue weighted by Gasteiger charge is 2.27. The molecular formula is C21H31N3O4. The van der Waals surface area contributed by atoms with E-state index in [4.69, 9.17) is 4.74 Å². The normalized spacial score (nSPS) is 15.8. The van der Waals surface area contributed by atoms with Gasteiger partial charge in [0.2, 0.25) is 0 Å². The first kappa shape index (κ1) is 21.7. The van der Waals surface area contributed by atoms with E-state index in [0.717, 1.165) is 18.4 Å². The SMILES string of the molecule is CC1CCN(C(=O)[C@@H](C)OC(=O)c2ccc(CNC(=O)NC(C)C)cc2)CC1. The van der Waals surface area contributed by atoms with Crippen molar-refractivity contribution in [3.63, 3.8) is 0 Å². The molecule has 1 aliphatic heterocycles. The Kier molecular flexibility index (Phi) is 7.84. The number of likely N-dealkylation sites (tertiary alicyclic amines) is 1. The van der Waals surface area contributed by atoms with Gasteiger partial charge in [-0.25, -0.2) is 9.59 Å². The zero-order chi connectivity index (χ0) is 20.7. The first-order valence-corrected chi connectivity index (χ1v) is 9.89. The van der Waals surface area contributed by atoms with Crippen LogP contribution in [0.15, 0.2) is 24.3 Å². The summed E-state index contributed by atoms with van der Waals surface area (Å²) in [7, 11) is 0. The highest BCUT2D eigenvalue weighted by Crippen LogP contribution is 2.17. The molecule has 28 heavy (non-hydrogen) atoms. The number of esters is 1. The van der Waals surface area contributed by atoms with Crippen LogP contribution in [0.25, 0.3) is 0 Å². The van der Waals surface area contributed by atoms with Crippen molar-refractivity contribution in [3.05, 3.63) is 35.4 Å². The van der Waals surface area contributed by atoms with Gasteiger partial charge >= 0.3 is 12.0 Å². The fourth-order valence-corrected chi connectivity index (χ4v) is 3.02. The van der Waals surface area contributed by atoms with Crippen molar-refractivity contribution >= 4 is 17.9 Å². The number of carbonyl (C=O) groups is 3. The van der Waals surface area contributed by atoms with Crippen LogP contribution < -0.4 is 10.6 Å². The monoisotopic (exact) mass is 389 g/mol. The summed E-state index contributed by atoms with van der Waals surface area (Å²) >= 11 is 0. The summed E-state index contributed by atoms with van der Waals surface area (Å²) in [6.07, 6.45) is 1.16. The summed E-state index contributed by atoms with van der Waals surface area (Å²) in [5, 5.41) is 5.49. The number of hydrogen-bond donors (Lipinski definition) is 2. The lowest BCUT2D eigenvalue weighted by atomic mass is 9.99. The van der Waals surface area contributed by atoms with Gasteiger partial charge in [-0.2, -0.15) is 0 Å². The number of urea groups is 1. The molecule has 0 bridgehead atoms. The maximum Gasteiger partial charge on any atom is 0.338 e. The first-order valence-electron chi connectivity index (χ1n) is 9.89. The van der Waals surface area contributed by atoms with Gasteiger partial charge in [-0.1, -0.05) is 19.1 Å². The molecular weight excluding hydrogens is 358 g/mol. The van der Waals surface area contributed by atoms with Gasteiger partial charge in [0, 0.05) is 25.7 Å². The third-order valence-electron chi connectivity index (χ3n) is 4.79. The van der Waals surface area contributed by atoms with Crippen LogP contribution in [0.2, 0.25) is 0 Å². The van der Waals surface area contributed by atoms with Gasteiger partial charge in [-0.15, -0.1) is 0 Å². The van der Waals surface area contributed by atoms with E-state index in [-0.39, 0.29) is 18.0 Å². The Bertz CT molecular complexity index is 679. The Hall–Kier alpha value is -2.57. The number of hydrogen-bond acceptors (Lipinski definition) is 4. The van der Waals surface area contributed by atoms with Gasteiger partial charge < -0.3 is 20.3 Å². The standard InChI is InChI=1S/C21H31N3O4/c1-14(2)23-21(27)22-13-17-5-7-18(8-6-17)20(26)28-16(4)19(25)24-11-9-15(3)10-12-24/h5-8,14-16H,9-13H2,1-4H3,(H2,22,23,27)/t16-/m1/s1. The Morgan fingerprint density at radius 2 is 1.71 bits per heavy atom. The molecule has 1 fully saturated rings.